The van der Waals surface area contributed by atoms with E-state index >= 15 is 0 Å². The minimum absolute atomic E-state index is 0.0627. The van der Waals surface area contributed by atoms with Crippen molar-refractivity contribution < 1.29 is 13.6 Å². The molecule has 0 N–H and O–H groups in total. The normalized spacial score (nSPS) is 15.7. The maximum Gasteiger partial charge on any atom is 0.262 e. The van der Waals surface area contributed by atoms with E-state index in [0.717, 1.165) is 37.8 Å². The van der Waals surface area contributed by atoms with Gasteiger partial charge in [-0.05, 0) is 50.1 Å². The van der Waals surface area contributed by atoms with Crippen LogP contribution in [0.5, 0.6) is 0 Å². The maximum absolute atomic E-state index is 13.5. The van der Waals surface area contributed by atoms with E-state index in [9.17, 15) is 18.4 Å². The van der Waals surface area contributed by atoms with Gasteiger partial charge in [0.15, 0.2) is 22.6 Å². The first-order chi connectivity index (χ1) is 14.0. The smallest absolute Gasteiger partial charge is 0.262 e. The van der Waals surface area contributed by atoms with Crippen molar-refractivity contribution in [1.82, 2.24) is 9.55 Å². The summed E-state index contributed by atoms with van der Waals surface area (Å²) < 4.78 is 28.4. The fraction of sp³-hybridized carbons (Fsp3) is 0.318. The molecule has 1 aliphatic carbocycles. The Labute approximate surface area is 171 Å². The number of carbonyl (C=O) groups is 1. The molecule has 0 radical (unpaired) electrons. The summed E-state index contributed by atoms with van der Waals surface area (Å²) in [5, 5.41) is 0.438. The van der Waals surface area contributed by atoms with Gasteiger partial charge in [-0.2, -0.15) is 0 Å². The molecule has 0 bridgehead atoms. The molecule has 4 rings (SSSR count). The lowest BCUT2D eigenvalue weighted by Gasteiger charge is -2.20. The van der Waals surface area contributed by atoms with E-state index in [2.05, 4.69) is 4.98 Å². The summed E-state index contributed by atoms with van der Waals surface area (Å²) in [5.41, 5.74) is 0.582. The number of aromatic nitrogens is 2. The molecule has 0 saturated heterocycles. The monoisotopic (exact) mass is 414 g/mol. The van der Waals surface area contributed by atoms with E-state index in [-0.39, 0.29) is 22.9 Å². The van der Waals surface area contributed by atoms with Crippen molar-refractivity contribution in [2.75, 3.05) is 0 Å². The van der Waals surface area contributed by atoms with Gasteiger partial charge in [0.2, 0.25) is 0 Å². The molecular weight excluding hydrogens is 394 g/mol. The van der Waals surface area contributed by atoms with Crippen LogP contribution in [-0.2, 0) is 0 Å². The zero-order valence-corrected chi connectivity index (χ0v) is 16.7. The summed E-state index contributed by atoms with van der Waals surface area (Å²) in [6.07, 6.45) is 3.91. The number of hydrogen-bond donors (Lipinski definition) is 0. The van der Waals surface area contributed by atoms with E-state index in [1.54, 1.807) is 23.6 Å². The van der Waals surface area contributed by atoms with Gasteiger partial charge in [-0.25, -0.2) is 13.8 Å². The Morgan fingerprint density at radius 3 is 2.59 bits per heavy atom. The molecule has 1 atom stereocenters. The molecule has 0 spiro atoms. The summed E-state index contributed by atoms with van der Waals surface area (Å²) in [5.74, 6) is -2.39. The molecule has 29 heavy (non-hydrogen) atoms. The zero-order valence-electron chi connectivity index (χ0n) is 15.9. The summed E-state index contributed by atoms with van der Waals surface area (Å²) in [7, 11) is 0. The highest BCUT2D eigenvalue weighted by atomic mass is 32.2. The molecule has 1 aliphatic rings. The quantitative estimate of drug-likeness (QED) is 0.329. The molecule has 7 heteroatoms. The summed E-state index contributed by atoms with van der Waals surface area (Å²) >= 11 is 1.19. The van der Waals surface area contributed by atoms with Crippen LogP contribution in [0, 0.1) is 11.6 Å². The highest BCUT2D eigenvalue weighted by molar-refractivity contribution is 8.00. The average Bonchev–Trinajstić information content (AvgIpc) is 3.24. The van der Waals surface area contributed by atoms with Crippen molar-refractivity contribution in [3.63, 3.8) is 0 Å². The summed E-state index contributed by atoms with van der Waals surface area (Å²) in [6.45, 7) is 1.69. The third-order valence-electron chi connectivity index (χ3n) is 5.32. The van der Waals surface area contributed by atoms with E-state index in [1.807, 2.05) is 12.1 Å². The SMILES string of the molecule is C[C@H](Sc1nc2ccccc2c(=O)n1C1CCCC1)C(=O)c1ccc(F)c(F)c1. The highest BCUT2D eigenvalue weighted by Gasteiger charge is 2.26. The number of nitrogens with zero attached hydrogens (tertiary/aromatic N) is 2. The predicted molar refractivity (Wildman–Crippen MR) is 110 cm³/mol. The molecule has 3 aromatic rings. The van der Waals surface area contributed by atoms with Crippen molar-refractivity contribution in [2.24, 2.45) is 0 Å². The third kappa shape index (κ3) is 3.83. The van der Waals surface area contributed by atoms with E-state index in [0.29, 0.717) is 16.1 Å². The second kappa shape index (κ2) is 8.06. The van der Waals surface area contributed by atoms with Crippen molar-refractivity contribution in [3.05, 3.63) is 70.0 Å². The predicted octanol–water partition coefficient (Wildman–Crippen LogP) is 5.15. The number of rotatable bonds is 5. The fourth-order valence-electron chi connectivity index (χ4n) is 3.79. The molecule has 0 amide bonds. The topological polar surface area (TPSA) is 52.0 Å². The van der Waals surface area contributed by atoms with Gasteiger partial charge in [0.1, 0.15) is 0 Å². The number of hydrogen-bond acceptors (Lipinski definition) is 4. The van der Waals surface area contributed by atoms with Gasteiger partial charge in [0.05, 0.1) is 16.2 Å². The van der Waals surface area contributed by atoms with Crippen LogP contribution in [0.4, 0.5) is 8.78 Å². The standard InChI is InChI=1S/C22H20F2N2O2S/c1-13(20(27)14-10-11-17(23)18(24)12-14)29-22-25-19-9-5-4-8-16(19)21(28)26(22)15-6-2-3-7-15/h4-5,8-13,15H,2-3,6-7H2,1H3/t13-/m0/s1. The minimum atomic E-state index is -1.06. The minimum Gasteiger partial charge on any atom is -0.293 e. The Morgan fingerprint density at radius 1 is 1.14 bits per heavy atom. The lowest BCUT2D eigenvalue weighted by Crippen LogP contribution is -2.27. The lowest BCUT2D eigenvalue weighted by molar-refractivity contribution is 0.0993. The lowest BCUT2D eigenvalue weighted by atomic mass is 10.1. The van der Waals surface area contributed by atoms with Gasteiger partial charge < -0.3 is 0 Å². The zero-order chi connectivity index (χ0) is 20.5. The summed E-state index contributed by atoms with van der Waals surface area (Å²) in [6, 6.07) is 10.4. The van der Waals surface area contributed by atoms with Gasteiger partial charge in [-0.1, -0.05) is 36.7 Å². The van der Waals surface area contributed by atoms with Crippen LogP contribution < -0.4 is 5.56 Å². The number of thioether (sulfide) groups is 1. The molecular formula is C22H20F2N2O2S. The second-order valence-corrected chi connectivity index (χ2v) is 8.59. The number of para-hydroxylation sites is 1. The van der Waals surface area contributed by atoms with Gasteiger partial charge >= 0.3 is 0 Å². The Balaban J connectivity index is 1.72. The Hall–Kier alpha value is -2.54. The second-order valence-electron chi connectivity index (χ2n) is 7.28. The number of fused-ring (bicyclic) bond motifs is 1. The summed E-state index contributed by atoms with van der Waals surface area (Å²) in [4.78, 5) is 30.6. The first kappa shape index (κ1) is 19.8. The molecule has 150 valence electrons. The molecule has 0 unspecified atom stereocenters. The largest absolute Gasteiger partial charge is 0.293 e. The molecule has 1 heterocycles. The van der Waals surface area contributed by atoms with Crippen molar-refractivity contribution in [1.29, 1.82) is 0 Å². The van der Waals surface area contributed by atoms with Crippen molar-refractivity contribution >= 4 is 28.4 Å². The molecule has 1 fully saturated rings. The fourth-order valence-corrected chi connectivity index (χ4v) is 4.84. The van der Waals surface area contributed by atoms with Crippen LogP contribution in [-0.4, -0.2) is 20.6 Å². The average molecular weight is 414 g/mol. The highest BCUT2D eigenvalue weighted by Crippen LogP contribution is 2.34. The van der Waals surface area contributed by atoms with Gasteiger partial charge in [0, 0.05) is 11.6 Å². The Kier molecular flexibility index (Phi) is 5.50. The Morgan fingerprint density at radius 2 is 1.86 bits per heavy atom. The van der Waals surface area contributed by atoms with Crippen LogP contribution in [0.2, 0.25) is 0 Å². The first-order valence-electron chi connectivity index (χ1n) is 9.63. The molecule has 4 nitrogen and oxygen atoms in total. The van der Waals surface area contributed by atoms with E-state index in [4.69, 9.17) is 0 Å². The number of ketones is 1. The van der Waals surface area contributed by atoms with Crippen LogP contribution in [0.1, 0.15) is 49.0 Å². The van der Waals surface area contributed by atoms with Crippen molar-refractivity contribution in [3.8, 4) is 0 Å². The van der Waals surface area contributed by atoms with Gasteiger partial charge in [-0.15, -0.1) is 0 Å². The van der Waals surface area contributed by atoms with E-state index < -0.39 is 16.9 Å². The molecule has 2 aromatic carbocycles. The number of carbonyl (C=O) groups excluding carboxylic acids is 1. The van der Waals surface area contributed by atoms with Crippen molar-refractivity contribution in [2.45, 2.75) is 49.1 Å². The third-order valence-corrected chi connectivity index (χ3v) is 6.39. The van der Waals surface area contributed by atoms with Gasteiger partial charge in [-0.3, -0.25) is 14.2 Å². The Bertz CT molecular complexity index is 1140. The number of halogens is 2. The van der Waals surface area contributed by atoms with Crippen LogP contribution >= 0.6 is 11.8 Å². The number of Topliss-reactive ketones (excluding diaryl/α,β-unsaturated/α-hetero) is 1. The first-order valence-corrected chi connectivity index (χ1v) is 10.5. The number of benzene rings is 2. The van der Waals surface area contributed by atoms with Crippen LogP contribution in [0.25, 0.3) is 10.9 Å². The molecule has 1 aromatic heterocycles. The van der Waals surface area contributed by atoms with E-state index in [1.165, 1.54) is 17.8 Å². The molecule has 0 aliphatic heterocycles. The van der Waals surface area contributed by atoms with Crippen LogP contribution in [0.15, 0.2) is 52.4 Å². The maximum atomic E-state index is 13.5. The molecule has 1 saturated carbocycles. The van der Waals surface area contributed by atoms with Crippen LogP contribution in [0.3, 0.4) is 0 Å². The van der Waals surface area contributed by atoms with Gasteiger partial charge in [0.25, 0.3) is 5.56 Å².